The Bertz CT molecular complexity index is 1250. The van der Waals surface area contributed by atoms with Gasteiger partial charge < -0.3 is 4.57 Å². The van der Waals surface area contributed by atoms with Crippen LogP contribution < -0.4 is 10.2 Å². The molecule has 0 saturated carbocycles. The van der Waals surface area contributed by atoms with Gasteiger partial charge in [-0.05, 0) is 60.0 Å². The Labute approximate surface area is 195 Å². The molecule has 32 heavy (non-hydrogen) atoms. The van der Waals surface area contributed by atoms with Gasteiger partial charge in [0.15, 0.2) is 0 Å². The van der Waals surface area contributed by atoms with Crippen LogP contribution in [-0.4, -0.2) is 22.4 Å². The molecule has 2 aromatic carbocycles. The molecule has 1 N–H and O–H groups in total. The van der Waals surface area contributed by atoms with E-state index in [1.54, 1.807) is 30.3 Å². The maximum atomic E-state index is 13.1. The van der Waals surface area contributed by atoms with E-state index in [9.17, 15) is 14.4 Å². The molecule has 3 aromatic rings. The summed E-state index contributed by atoms with van der Waals surface area (Å²) in [6.07, 6.45) is 4.14. The van der Waals surface area contributed by atoms with E-state index in [1.165, 1.54) is 6.08 Å². The van der Waals surface area contributed by atoms with Crippen LogP contribution in [0.15, 0.2) is 66.4 Å². The number of amides is 4. The molecule has 1 fully saturated rings. The smallest absolute Gasteiger partial charge is 0.335 e. The van der Waals surface area contributed by atoms with Gasteiger partial charge in [0.2, 0.25) is 0 Å². The molecule has 4 amide bonds. The standard InChI is InChI=1S/C24H19Cl2N3O3/c1-2-15-5-8-17(9-6-15)29-23(31)19(22(30)27-24(29)32)13-18-4-3-11-28(18)14-16-7-10-20(25)21(26)12-16/h3-13H,2,14H2,1H3,(H,27,30,32). The van der Waals surface area contributed by atoms with Crippen molar-refractivity contribution in [3.05, 3.63) is 93.2 Å². The van der Waals surface area contributed by atoms with Crippen molar-refractivity contribution in [2.45, 2.75) is 19.9 Å². The topological polar surface area (TPSA) is 71.4 Å². The average Bonchev–Trinajstić information content (AvgIpc) is 3.20. The summed E-state index contributed by atoms with van der Waals surface area (Å²) in [6, 6.07) is 15.2. The summed E-state index contributed by atoms with van der Waals surface area (Å²) in [5.74, 6) is -1.41. The third-order valence-electron chi connectivity index (χ3n) is 5.20. The maximum absolute atomic E-state index is 13.1. The fraction of sp³-hybridized carbons (Fsp3) is 0.125. The van der Waals surface area contributed by atoms with Crippen LogP contribution in [0.1, 0.15) is 23.7 Å². The minimum absolute atomic E-state index is 0.127. The molecule has 1 aliphatic rings. The Balaban J connectivity index is 1.65. The summed E-state index contributed by atoms with van der Waals surface area (Å²) in [5.41, 5.74) is 2.88. The number of nitrogens with one attached hydrogen (secondary N) is 1. The van der Waals surface area contributed by atoms with Crippen molar-refractivity contribution < 1.29 is 14.4 Å². The molecule has 0 spiro atoms. The van der Waals surface area contributed by atoms with Crippen LogP contribution in [0.25, 0.3) is 6.08 Å². The molecule has 162 valence electrons. The van der Waals surface area contributed by atoms with Crippen LogP contribution in [0.5, 0.6) is 0 Å². The normalized spacial score (nSPS) is 15.4. The van der Waals surface area contributed by atoms with Crippen molar-refractivity contribution in [3.8, 4) is 0 Å². The van der Waals surface area contributed by atoms with Gasteiger partial charge in [-0.3, -0.25) is 14.9 Å². The quantitative estimate of drug-likeness (QED) is 0.420. The van der Waals surface area contributed by atoms with E-state index >= 15 is 0 Å². The summed E-state index contributed by atoms with van der Waals surface area (Å²) in [5, 5.41) is 3.16. The lowest BCUT2D eigenvalue weighted by atomic mass is 10.1. The molecular formula is C24H19Cl2N3O3. The van der Waals surface area contributed by atoms with Crippen molar-refractivity contribution in [2.75, 3.05) is 4.90 Å². The van der Waals surface area contributed by atoms with Crippen molar-refractivity contribution in [2.24, 2.45) is 0 Å². The number of aromatic nitrogens is 1. The molecule has 0 atom stereocenters. The van der Waals surface area contributed by atoms with Crippen molar-refractivity contribution in [1.82, 2.24) is 9.88 Å². The number of urea groups is 1. The van der Waals surface area contributed by atoms with Crippen LogP contribution >= 0.6 is 23.2 Å². The highest BCUT2D eigenvalue weighted by molar-refractivity contribution is 6.42. The number of hydrogen-bond acceptors (Lipinski definition) is 3. The van der Waals surface area contributed by atoms with E-state index in [-0.39, 0.29) is 5.57 Å². The van der Waals surface area contributed by atoms with Gasteiger partial charge in [-0.15, -0.1) is 0 Å². The Kier molecular flexibility index (Phi) is 6.17. The van der Waals surface area contributed by atoms with Crippen molar-refractivity contribution >= 4 is 52.8 Å². The second kappa shape index (κ2) is 9.02. The van der Waals surface area contributed by atoms with Crippen LogP contribution in [0, 0.1) is 0 Å². The number of aryl methyl sites for hydroxylation is 1. The third kappa shape index (κ3) is 4.33. The molecule has 8 heteroatoms. The maximum Gasteiger partial charge on any atom is 0.335 e. The molecule has 1 aliphatic heterocycles. The van der Waals surface area contributed by atoms with Crippen LogP contribution in [-0.2, 0) is 22.6 Å². The van der Waals surface area contributed by atoms with Crippen LogP contribution in [0.3, 0.4) is 0 Å². The second-order valence-corrected chi connectivity index (χ2v) is 8.10. The lowest BCUT2D eigenvalue weighted by molar-refractivity contribution is -0.122. The SMILES string of the molecule is CCc1ccc(N2C(=O)NC(=O)C(=Cc3cccn3Cc3ccc(Cl)c(Cl)c3)C2=O)cc1. The molecule has 0 unspecified atom stereocenters. The number of carbonyl (C=O) groups excluding carboxylic acids is 3. The number of hydrogen-bond donors (Lipinski definition) is 1. The summed E-state index contributed by atoms with van der Waals surface area (Å²) < 4.78 is 1.87. The summed E-state index contributed by atoms with van der Waals surface area (Å²) >= 11 is 12.1. The number of anilines is 1. The summed E-state index contributed by atoms with van der Waals surface area (Å²) in [6.45, 7) is 2.47. The minimum atomic E-state index is -0.771. The Morgan fingerprint density at radius 1 is 0.938 bits per heavy atom. The number of carbonyl (C=O) groups is 3. The third-order valence-corrected chi connectivity index (χ3v) is 5.94. The molecular weight excluding hydrogens is 449 g/mol. The Morgan fingerprint density at radius 3 is 2.34 bits per heavy atom. The van der Waals surface area contributed by atoms with Gasteiger partial charge in [0.1, 0.15) is 5.57 Å². The number of halogens is 2. The lowest BCUT2D eigenvalue weighted by Gasteiger charge is -2.26. The van der Waals surface area contributed by atoms with Gasteiger partial charge in [-0.2, -0.15) is 0 Å². The molecule has 4 rings (SSSR count). The lowest BCUT2D eigenvalue weighted by Crippen LogP contribution is -2.54. The summed E-state index contributed by atoms with van der Waals surface area (Å²) in [4.78, 5) is 39.0. The van der Waals surface area contributed by atoms with Crippen molar-refractivity contribution in [3.63, 3.8) is 0 Å². The average molecular weight is 468 g/mol. The predicted octanol–water partition coefficient (Wildman–Crippen LogP) is 5.07. The molecule has 2 heterocycles. The van der Waals surface area contributed by atoms with E-state index in [0.717, 1.165) is 22.4 Å². The van der Waals surface area contributed by atoms with Gasteiger partial charge in [0.25, 0.3) is 11.8 Å². The van der Waals surface area contributed by atoms with E-state index in [4.69, 9.17) is 23.2 Å². The first kappa shape index (κ1) is 21.9. The van der Waals surface area contributed by atoms with E-state index in [0.29, 0.717) is 28.0 Å². The van der Waals surface area contributed by atoms with E-state index < -0.39 is 17.8 Å². The highest BCUT2D eigenvalue weighted by Crippen LogP contribution is 2.25. The van der Waals surface area contributed by atoms with Gasteiger partial charge in [0.05, 0.1) is 15.7 Å². The van der Waals surface area contributed by atoms with Gasteiger partial charge >= 0.3 is 6.03 Å². The summed E-state index contributed by atoms with van der Waals surface area (Å²) in [7, 11) is 0. The molecule has 0 radical (unpaired) electrons. The van der Waals surface area contributed by atoms with Gasteiger partial charge in [-0.25, -0.2) is 9.69 Å². The highest BCUT2D eigenvalue weighted by Gasteiger charge is 2.36. The number of imide groups is 2. The molecule has 0 bridgehead atoms. The minimum Gasteiger partial charge on any atom is -0.344 e. The van der Waals surface area contributed by atoms with Crippen LogP contribution in [0.2, 0.25) is 10.0 Å². The predicted molar refractivity (Wildman–Crippen MR) is 125 cm³/mol. The fourth-order valence-corrected chi connectivity index (χ4v) is 3.78. The zero-order chi connectivity index (χ0) is 22.8. The van der Waals surface area contributed by atoms with Crippen molar-refractivity contribution in [1.29, 1.82) is 0 Å². The molecule has 1 aromatic heterocycles. The number of benzene rings is 2. The number of barbiturate groups is 1. The molecule has 1 saturated heterocycles. The first-order chi connectivity index (χ1) is 15.4. The Hall–Kier alpha value is -3.35. The highest BCUT2D eigenvalue weighted by atomic mass is 35.5. The Morgan fingerprint density at radius 2 is 1.66 bits per heavy atom. The molecule has 6 nitrogen and oxygen atoms in total. The van der Waals surface area contributed by atoms with Gasteiger partial charge in [0, 0.05) is 18.4 Å². The monoisotopic (exact) mass is 467 g/mol. The van der Waals surface area contributed by atoms with Gasteiger partial charge in [-0.1, -0.05) is 48.3 Å². The second-order valence-electron chi connectivity index (χ2n) is 7.29. The fourth-order valence-electron chi connectivity index (χ4n) is 3.46. The molecule has 0 aliphatic carbocycles. The zero-order valence-electron chi connectivity index (χ0n) is 17.1. The first-order valence-corrected chi connectivity index (χ1v) is 10.7. The zero-order valence-corrected chi connectivity index (χ0v) is 18.7. The number of rotatable bonds is 5. The number of nitrogens with zero attached hydrogens (tertiary/aromatic N) is 2. The van der Waals surface area contributed by atoms with E-state index in [2.05, 4.69) is 5.32 Å². The van der Waals surface area contributed by atoms with Crippen LogP contribution in [0.4, 0.5) is 10.5 Å². The largest absolute Gasteiger partial charge is 0.344 e. The first-order valence-electron chi connectivity index (χ1n) is 9.97. The van der Waals surface area contributed by atoms with E-state index in [1.807, 2.05) is 42.0 Å².